The van der Waals surface area contributed by atoms with Crippen molar-refractivity contribution in [3.63, 3.8) is 0 Å². The third kappa shape index (κ3) is 65.7. The maximum atomic E-state index is 12.8. The van der Waals surface area contributed by atoms with E-state index in [1.165, 1.54) is 70.6 Å². The van der Waals surface area contributed by atoms with Gasteiger partial charge >= 0.3 is 17.9 Å². The molecule has 0 aliphatic carbocycles. The van der Waals surface area contributed by atoms with Crippen molar-refractivity contribution in [3.8, 4) is 0 Å². The maximum Gasteiger partial charge on any atom is 0.306 e. The van der Waals surface area contributed by atoms with E-state index in [9.17, 15) is 14.4 Å². The van der Waals surface area contributed by atoms with Gasteiger partial charge in [0, 0.05) is 19.3 Å². The number of rotatable bonds is 58. The van der Waals surface area contributed by atoms with Gasteiger partial charge in [0.1, 0.15) is 13.2 Å². The van der Waals surface area contributed by atoms with Gasteiger partial charge in [-0.2, -0.15) is 0 Å². The summed E-state index contributed by atoms with van der Waals surface area (Å²) in [5.41, 5.74) is 0. The van der Waals surface area contributed by atoms with E-state index in [-0.39, 0.29) is 31.1 Å². The van der Waals surface area contributed by atoms with E-state index in [0.29, 0.717) is 19.3 Å². The summed E-state index contributed by atoms with van der Waals surface area (Å²) >= 11 is 0. The highest BCUT2D eigenvalue weighted by atomic mass is 16.6. The predicted octanol–water partition coefficient (Wildman–Crippen LogP) is 22.9. The van der Waals surface area contributed by atoms with Gasteiger partial charge in [0.05, 0.1) is 0 Å². The molecule has 0 aliphatic rings. The van der Waals surface area contributed by atoms with E-state index in [1.54, 1.807) is 0 Å². The molecule has 0 radical (unpaired) electrons. The van der Waals surface area contributed by atoms with Gasteiger partial charge in [0.15, 0.2) is 6.10 Å². The number of allylic oxidation sites excluding steroid dienone is 26. The molecule has 0 heterocycles. The van der Waals surface area contributed by atoms with Crippen LogP contribution in [-0.2, 0) is 28.6 Å². The minimum atomic E-state index is -0.795. The number of esters is 3. The van der Waals surface area contributed by atoms with Crippen molar-refractivity contribution in [1.82, 2.24) is 0 Å². The van der Waals surface area contributed by atoms with Crippen molar-refractivity contribution in [3.05, 3.63) is 158 Å². The number of hydrogen-bond acceptors (Lipinski definition) is 6. The monoisotopic (exact) mass is 1120 g/mol. The summed E-state index contributed by atoms with van der Waals surface area (Å²) in [7, 11) is 0. The number of carbonyl (C=O) groups excluding carboxylic acids is 3. The Hall–Kier alpha value is -4.97. The van der Waals surface area contributed by atoms with Crippen LogP contribution in [0.3, 0.4) is 0 Å². The minimum Gasteiger partial charge on any atom is -0.462 e. The normalized spacial score (nSPS) is 13.2. The van der Waals surface area contributed by atoms with Gasteiger partial charge in [-0.05, 0) is 128 Å². The van der Waals surface area contributed by atoms with Gasteiger partial charge in [0.2, 0.25) is 0 Å². The number of unbranched alkanes of at least 4 members (excludes halogenated alkanes) is 21. The van der Waals surface area contributed by atoms with Crippen LogP contribution in [0.15, 0.2) is 158 Å². The summed E-state index contributed by atoms with van der Waals surface area (Å²) in [5, 5.41) is 0. The molecule has 0 aromatic heterocycles. The van der Waals surface area contributed by atoms with Gasteiger partial charge in [-0.3, -0.25) is 14.4 Å². The Balaban J connectivity index is 4.07. The van der Waals surface area contributed by atoms with Crippen LogP contribution in [-0.4, -0.2) is 37.2 Å². The van der Waals surface area contributed by atoms with E-state index in [1.807, 2.05) is 0 Å². The molecular weight excluding hydrogens is 997 g/mol. The largest absolute Gasteiger partial charge is 0.462 e. The lowest BCUT2D eigenvalue weighted by molar-refractivity contribution is -0.167. The fourth-order valence-corrected chi connectivity index (χ4v) is 8.66. The Labute approximate surface area is 499 Å². The molecule has 6 nitrogen and oxygen atoms in total. The van der Waals surface area contributed by atoms with E-state index < -0.39 is 6.10 Å². The van der Waals surface area contributed by atoms with Crippen LogP contribution in [0.25, 0.3) is 0 Å². The summed E-state index contributed by atoms with van der Waals surface area (Å²) in [6, 6.07) is 0. The average Bonchev–Trinajstić information content (AvgIpc) is 3.47. The summed E-state index contributed by atoms with van der Waals surface area (Å²) < 4.78 is 16.7. The molecule has 0 amide bonds. The second-order valence-electron chi connectivity index (χ2n) is 21.3. The van der Waals surface area contributed by atoms with Crippen molar-refractivity contribution in [2.24, 2.45) is 0 Å². The van der Waals surface area contributed by atoms with Crippen LogP contribution in [0, 0.1) is 0 Å². The van der Waals surface area contributed by atoms with Crippen LogP contribution >= 0.6 is 0 Å². The molecule has 0 bridgehead atoms. The molecule has 0 fully saturated rings. The quantitative estimate of drug-likeness (QED) is 0.0261. The summed E-state index contributed by atoms with van der Waals surface area (Å²) in [6.07, 6.45) is 98.8. The molecule has 0 spiro atoms. The Morgan fingerprint density at radius 1 is 0.259 bits per heavy atom. The topological polar surface area (TPSA) is 78.9 Å². The first-order valence-corrected chi connectivity index (χ1v) is 33.0. The zero-order chi connectivity index (χ0) is 58.5. The molecule has 0 saturated carbocycles. The Morgan fingerprint density at radius 2 is 0.481 bits per heavy atom. The lowest BCUT2D eigenvalue weighted by atomic mass is 10.0. The Bertz CT molecular complexity index is 1810. The van der Waals surface area contributed by atoms with Crippen LogP contribution in [0.4, 0.5) is 0 Å². The predicted molar refractivity (Wildman–Crippen MR) is 352 cm³/mol. The minimum absolute atomic E-state index is 0.0933. The number of carbonyl (C=O) groups is 3. The number of hydrogen-bond donors (Lipinski definition) is 0. The fourth-order valence-electron chi connectivity index (χ4n) is 8.66. The summed E-state index contributed by atoms with van der Waals surface area (Å²) in [6.45, 7) is 6.30. The fraction of sp³-hybridized carbons (Fsp3) is 0.613. The molecular formula is C75H120O6. The van der Waals surface area contributed by atoms with Crippen LogP contribution < -0.4 is 0 Å². The molecule has 81 heavy (non-hydrogen) atoms. The van der Waals surface area contributed by atoms with Crippen molar-refractivity contribution in [2.45, 2.75) is 284 Å². The molecule has 1 unspecified atom stereocenters. The SMILES string of the molecule is CC/C=C\C/C=C\C/C=C\C/C=C\C/C=C\C/C=C\C/C=C\CCCCCCCCCCCCCCCC(=O)OCC(COC(=O)CCCCCCC)OC(=O)CCCCCC/C=C\C/C=C\C/C=C\C/C=C\C/C=C\C/C=C\CC. The number of ether oxygens (including phenoxy) is 3. The zero-order valence-electron chi connectivity index (χ0n) is 52.2. The first-order chi connectivity index (χ1) is 40.0. The second-order valence-corrected chi connectivity index (χ2v) is 21.3. The summed E-state index contributed by atoms with van der Waals surface area (Å²) in [4.78, 5) is 37.9. The smallest absolute Gasteiger partial charge is 0.306 e. The molecule has 0 saturated heterocycles. The van der Waals surface area contributed by atoms with Crippen LogP contribution in [0.5, 0.6) is 0 Å². The van der Waals surface area contributed by atoms with Crippen LogP contribution in [0.2, 0.25) is 0 Å². The second kappa shape index (κ2) is 67.5. The van der Waals surface area contributed by atoms with E-state index >= 15 is 0 Å². The average molecular weight is 1120 g/mol. The molecule has 0 N–H and O–H groups in total. The lowest BCUT2D eigenvalue weighted by Gasteiger charge is -2.18. The van der Waals surface area contributed by atoms with Crippen molar-refractivity contribution >= 4 is 17.9 Å². The van der Waals surface area contributed by atoms with Gasteiger partial charge in [-0.15, -0.1) is 0 Å². The molecule has 0 rings (SSSR count). The standard InChI is InChI=1S/C75H120O6/c1-4-7-10-13-15-17-19-21-23-25-27-29-31-32-33-34-35-36-37-38-39-40-41-42-44-45-47-49-51-53-55-57-59-62-65-68-74(77)80-71-72(70-79-73(76)67-64-61-12-9-6-3)81-75(78)69-66-63-60-58-56-54-52-50-48-46-43-30-28-26-24-22-20-18-16-14-11-8-5-2/h7-8,10-11,15-18,21-24,27-30,32-33,35-36,38-39,46,48,52,54,72H,4-6,9,12-14,19-20,25-26,31,34,37,40-45,47,49-51,53,55-71H2,1-3H3/b10-7-,11-8-,17-15-,18-16-,23-21-,24-22-,29-27-,30-28-,33-32-,36-35-,39-38-,48-46-,54-52-. The first-order valence-electron chi connectivity index (χ1n) is 33.0. The van der Waals surface area contributed by atoms with Crippen LogP contribution in [0.1, 0.15) is 278 Å². The van der Waals surface area contributed by atoms with E-state index in [0.717, 1.165) is 167 Å². The van der Waals surface area contributed by atoms with E-state index in [4.69, 9.17) is 14.2 Å². The third-order valence-corrected chi connectivity index (χ3v) is 13.5. The first kappa shape index (κ1) is 76.0. The highest BCUT2D eigenvalue weighted by molar-refractivity contribution is 5.71. The van der Waals surface area contributed by atoms with Gasteiger partial charge in [0.25, 0.3) is 0 Å². The summed E-state index contributed by atoms with van der Waals surface area (Å²) in [5.74, 6) is -0.935. The molecule has 1 atom stereocenters. The molecule has 456 valence electrons. The zero-order valence-corrected chi connectivity index (χ0v) is 52.2. The van der Waals surface area contributed by atoms with Crippen molar-refractivity contribution < 1.29 is 28.6 Å². The van der Waals surface area contributed by atoms with Crippen molar-refractivity contribution in [1.29, 1.82) is 0 Å². The van der Waals surface area contributed by atoms with Crippen molar-refractivity contribution in [2.75, 3.05) is 13.2 Å². The Morgan fingerprint density at radius 3 is 0.753 bits per heavy atom. The van der Waals surface area contributed by atoms with Gasteiger partial charge in [-0.25, -0.2) is 0 Å². The molecule has 0 aromatic rings. The van der Waals surface area contributed by atoms with E-state index in [2.05, 4.69) is 179 Å². The highest BCUT2D eigenvalue weighted by Gasteiger charge is 2.19. The highest BCUT2D eigenvalue weighted by Crippen LogP contribution is 2.15. The molecule has 6 heteroatoms. The van der Waals surface area contributed by atoms with Gasteiger partial charge in [-0.1, -0.05) is 288 Å². The third-order valence-electron chi connectivity index (χ3n) is 13.5. The molecule has 0 aromatic carbocycles. The van der Waals surface area contributed by atoms with Gasteiger partial charge < -0.3 is 14.2 Å². The molecule has 0 aliphatic heterocycles. The Kier molecular flexibility index (Phi) is 63.4. The maximum absolute atomic E-state index is 12.8. The lowest BCUT2D eigenvalue weighted by Crippen LogP contribution is -2.30.